The molecule has 0 fully saturated rings. The summed E-state index contributed by atoms with van der Waals surface area (Å²) in [6.07, 6.45) is 1.55. The molecular formula is C29H21BrFN3O3. The number of halogens is 2. The maximum absolute atomic E-state index is 14.0. The first kappa shape index (κ1) is 24.4. The van der Waals surface area contributed by atoms with Crippen LogP contribution in [0.2, 0.25) is 0 Å². The van der Waals surface area contributed by atoms with Gasteiger partial charge in [-0.25, -0.2) is 9.37 Å². The summed E-state index contributed by atoms with van der Waals surface area (Å²) in [5.74, 6) is 0.957. The SMILES string of the molecule is COc1cc(C=Nn2c(-c3ccccc3)nc3ccccc3c2=O)c(Br)cc1OCc1ccccc1F. The molecule has 0 bridgehead atoms. The molecule has 0 spiro atoms. The van der Waals surface area contributed by atoms with E-state index in [0.717, 1.165) is 5.56 Å². The first-order valence-corrected chi connectivity index (χ1v) is 12.2. The summed E-state index contributed by atoms with van der Waals surface area (Å²) >= 11 is 3.54. The van der Waals surface area contributed by atoms with E-state index in [9.17, 15) is 9.18 Å². The Labute approximate surface area is 220 Å². The van der Waals surface area contributed by atoms with Gasteiger partial charge in [-0.3, -0.25) is 4.79 Å². The van der Waals surface area contributed by atoms with Crippen molar-refractivity contribution in [1.82, 2.24) is 9.66 Å². The van der Waals surface area contributed by atoms with Gasteiger partial charge in [-0.1, -0.05) is 60.7 Å². The van der Waals surface area contributed by atoms with Crippen LogP contribution in [0, 0.1) is 5.82 Å². The predicted octanol–water partition coefficient (Wildman–Crippen LogP) is 6.43. The summed E-state index contributed by atoms with van der Waals surface area (Å²) in [7, 11) is 1.52. The number of nitrogens with zero attached hydrogens (tertiary/aromatic N) is 3. The molecule has 5 rings (SSSR count). The molecule has 184 valence electrons. The van der Waals surface area contributed by atoms with Crippen molar-refractivity contribution in [3.63, 3.8) is 0 Å². The van der Waals surface area contributed by atoms with E-state index in [-0.39, 0.29) is 18.0 Å². The monoisotopic (exact) mass is 557 g/mol. The quantitative estimate of drug-likeness (QED) is 0.216. The van der Waals surface area contributed by atoms with Gasteiger partial charge in [-0.2, -0.15) is 9.78 Å². The molecule has 8 heteroatoms. The second-order valence-electron chi connectivity index (χ2n) is 8.08. The second kappa shape index (κ2) is 10.8. The van der Waals surface area contributed by atoms with E-state index in [0.29, 0.717) is 43.8 Å². The highest BCUT2D eigenvalue weighted by Gasteiger charge is 2.14. The van der Waals surface area contributed by atoms with Crippen LogP contribution >= 0.6 is 15.9 Å². The van der Waals surface area contributed by atoms with E-state index in [2.05, 4.69) is 21.0 Å². The number of para-hydroxylation sites is 1. The van der Waals surface area contributed by atoms with E-state index < -0.39 is 0 Å². The number of hydrogen-bond acceptors (Lipinski definition) is 5. The van der Waals surface area contributed by atoms with Crippen molar-refractivity contribution in [3.8, 4) is 22.9 Å². The van der Waals surface area contributed by atoms with Gasteiger partial charge in [0, 0.05) is 21.2 Å². The highest BCUT2D eigenvalue weighted by atomic mass is 79.9. The van der Waals surface area contributed by atoms with Crippen LogP contribution in [0.15, 0.2) is 105 Å². The minimum Gasteiger partial charge on any atom is -0.493 e. The highest BCUT2D eigenvalue weighted by molar-refractivity contribution is 9.10. The molecule has 5 aromatic rings. The maximum Gasteiger partial charge on any atom is 0.282 e. The number of fused-ring (bicyclic) bond motifs is 1. The molecule has 0 saturated carbocycles. The lowest BCUT2D eigenvalue weighted by Gasteiger charge is -2.13. The number of aromatic nitrogens is 2. The lowest BCUT2D eigenvalue weighted by molar-refractivity contribution is 0.279. The first-order valence-electron chi connectivity index (χ1n) is 11.4. The molecule has 1 aromatic heterocycles. The Balaban J connectivity index is 1.53. The summed E-state index contributed by atoms with van der Waals surface area (Å²) in [5, 5.41) is 4.98. The lowest BCUT2D eigenvalue weighted by Crippen LogP contribution is -2.20. The average molecular weight is 558 g/mol. The van der Waals surface area contributed by atoms with Crippen LogP contribution in [0.3, 0.4) is 0 Å². The van der Waals surface area contributed by atoms with Gasteiger partial charge in [0.2, 0.25) is 0 Å². The van der Waals surface area contributed by atoms with Gasteiger partial charge in [0.05, 0.1) is 24.2 Å². The fourth-order valence-corrected chi connectivity index (χ4v) is 4.24. The summed E-state index contributed by atoms with van der Waals surface area (Å²) in [5.41, 5.74) is 2.15. The van der Waals surface area contributed by atoms with Crippen LogP contribution in [-0.4, -0.2) is 23.0 Å². The topological polar surface area (TPSA) is 65.7 Å². The van der Waals surface area contributed by atoms with E-state index in [1.165, 1.54) is 17.9 Å². The number of methoxy groups -OCH3 is 1. The van der Waals surface area contributed by atoms with Crippen LogP contribution in [0.5, 0.6) is 11.5 Å². The summed E-state index contributed by atoms with van der Waals surface area (Å²) in [6, 6.07) is 26.5. The van der Waals surface area contributed by atoms with Gasteiger partial charge in [-0.15, -0.1) is 0 Å². The van der Waals surface area contributed by atoms with Crippen LogP contribution in [0.25, 0.3) is 22.3 Å². The number of rotatable bonds is 7. The van der Waals surface area contributed by atoms with E-state index in [4.69, 9.17) is 14.5 Å². The molecule has 4 aromatic carbocycles. The van der Waals surface area contributed by atoms with Gasteiger partial charge < -0.3 is 9.47 Å². The zero-order valence-electron chi connectivity index (χ0n) is 19.8. The molecule has 0 N–H and O–H groups in total. The zero-order chi connectivity index (χ0) is 25.8. The maximum atomic E-state index is 14.0. The summed E-state index contributed by atoms with van der Waals surface area (Å²) in [6.45, 7) is 0.0432. The normalized spacial score (nSPS) is 11.2. The van der Waals surface area contributed by atoms with Crippen LogP contribution in [0.1, 0.15) is 11.1 Å². The molecule has 0 atom stereocenters. The van der Waals surface area contributed by atoms with Crippen molar-refractivity contribution < 1.29 is 13.9 Å². The van der Waals surface area contributed by atoms with Gasteiger partial charge in [0.1, 0.15) is 12.4 Å². The zero-order valence-corrected chi connectivity index (χ0v) is 21.4. The lowest BCUT2D eigenvalue weighted by atomic mass is 10.2. The standard InChI is InChI=1S/C29H21BrFN3O3/c1-36-26-15-21(23(30)16-27(26)37-18-20-11-5-7-13-24(20)31)17-32-34-28(19-9-3-2-4-10-19)33-25-14-8-6-12-22(25)29(34)35/h2-17H,18H2,1H3. The van der Waals surface area contributed by atoms with Crippen LogP contribution < -0.4 is 15.0 Å². The summed E-state index contributed by atoms with van der Waals surface area (Å²) < 4.78 is 27.3. The fraction of sp³-hybridized carbons (Fsp3) is 0.0690. The van der Waals surface area contributed by atoms with E-state index in [1.807, 2.05) is 36.4 Å². The third-order valence-electron chi connectivity index (χ3n) is 5.72. The van der Waals surface area contributed by atoms with E-state index in [1.54, 1.807) is 54.7 Å². The summed E-state index contributed by atoms with van der Waals surface area (Å²) in [4.78, 5) is 18.1. The Morgan fingerprint density at radius 2 is 1.70 bits per heavy atom. The van der Waals surface area contributed by atoms with Crippen molar-refractivity contribution in [3.05, 3.63) is 123 Å². The second-order valence-corrected chi connectivity index (χ2v) is 8.94. The highest BCUT2D eigenvalue weighted by Crippen LogP contribution is 2.33. The van der Waals surface area contributed by atoms with Gasteiger partial charge in [0.25, 0.3) is 5.56 Å². The predicted molar refractivity (Wildman–Crippen MR) is 146 cm³/mol. The molecule has 37 heavy (non-hydrogen) atoms. The third-order valence-corrected chi connectivity index (χ3v) is 6.41. The van der Waals surface area contributed by atoms with Crippen LogP contribution in [-0.2, 0) is 6.61 Å². The smallest absolute Gasteiger partial charge is 0.282 e. The molecule has 0 aliphatic heterocycles. The molecule has 0 aliphatic carbocycles. The molecule has 0 unspecified atom stereocenters. The Hall–Kier alpha value is -4.30. The fourth-order valence-electron chi connectivity index (χ4n) is 3.82. The molecule has 0 aliphatic rings. The molecule has 0 amide bonds. The number of ether oxygens (including phenoxy) is 2. The molecule has 1 heterocycles. The number of hydrogen-bond donors (Lipinski definition) is 0. The van der Waals surface area contributed by atoms with Crippen molar-refractivity contribution in [2.24, 2.45) is 5.10 Å². The third kappa shape index (κ3) is 5.15. The number of benzene rings is 4. The minimum atomic E-state index is -0.340. The molecule has 6 nitrogen and oxygen atoms in total. The Bertz CT molecular complexity index is 1670. The van der Waals surface area contributed by atoms with Crippen molar-refractivity contribution in [2.45, 2.75) is 6.61 Å². The van der Waals surface area contributed by atoms with Crippen molar-refractivity contribution in [2.75, 3.05) is 7.11 Å². The van der Waals surface area contributed by atoms with E-state index >= 15 is 0 Å². The van der Waals surface area contributed by atoms with Crippen molar-refractivity contribution >= 4 is 33.0 Å². The largest absolute Gasteiger partial charge is 0.493 e. The van der Waals surface area contributed by atoms with Gasteiger partial charge in [0.15, 0.2) is 17.3 Å². The van der Waals surface area contributed by atoms with Crippen LogP contribution in [0.4, 0.5) is 4.39 Å². The molecular weight excluding hydrogens is 537 g/mol. The first-order chi connectivity index (χ1) is 18.0. The Morgan fingerprint density at radius 1 is 0.973 bits per heavy atom. The Morgan fingerprint density at radius 3 is 2.49 bits per heavy atom. The van der Waals surface area contributed by atoms with Gasteiger partial charge >= 0.3 is 0 Å². The molecule has 0 radical (unpaired) electrons. The average Bonchev–Trinajstić information content (AvgIpc) is 2.93. The minimum absolute atomic E-state index is 0.0432. The van der Waals surface area contributed by atoms with Gasteiger partial charge in [-0.05, 0) is 46.3 Å². The Kier molecular flexibility index (Phi) is 7.09. The van der Waals surface area contributed by atoms with Crippen molar-refractivity contribution in [1.29, 1.82) is 0 Å². The molecule has 0 saturated heterocycles.